The number of amides is 2. The molecule has 0 bridgehead atoms. The van der Waals surface area contributed by atoms with Crippen molar-refractivity contribution in [3.05, 3.63) is 29.6 Å². The van der Waals surface area contributed by atoms with E-state index < -0.39 is 6.04 Å². The van der Waals surface area contributed by atoms with E-state index in [0.29, 0.717) is 24.1 Å². The highest BCUT2D eigenvalue weighted by molar-refractivity contribution is 5.98. The summed E-state index contributed by atoms with van der Waals surface area (Å²) >= 11 is 0. The number of aliphatic hydroxyl groups excluding tert-OH is 1. The number of nitrogens with zero attached hydrogens (tertiary/aromatic N) is 2. The molecule has 0 radical (unpaired) electrons. The van der Waals surface area contributed by atoms with Crippen LogP contribution in [0.5, 0.6) is 0 Å². The van der Waals surface area contributed by atoms with Gasteiger partial charge in [-0.25, -0.2) is 0 Å². The lowest BCUT2D eigenvalue weighted by Gasteiger charge is -2.12. The van der Waals surface area contributed by atoms with Crippen LogP contribution >= 0.6 is 0 Å². The highest BCUT2D eigenvalue weighted by Crippen LogP contribution is 2.10. The van der Waals surface area contributed by atoms with Gasteiger partial charge in [0.05, 0.1) is 5.56 Å². The molecule has 2 heterocycles. The molecule has 104 valence electrons. The van der Waals surface area contributed by atoms with Crippen molar-refractivity contribution in [1.82, 2.24) is 15.2 Å². The Hall–Kier alpha value is -2.39. The average molecular weight is 273 g/mol. The van der Waals surface area contributed by atoms with Gasteiger partial charge < -0.3 is 15.3 Å². The van der Waals surface area contributed by atoms with Crippen molar-refractivity contribution in [2.45, 2.75) is 12.5 Å². The van der Waals surface area contributed by atoms with Gasteiger partial charge in [0.15, 0.2) is 0 Å². The first-order valence-electron chi connectivity index (χ1n) is 6.22. The number of rotatable bonds is 2. The van der Waals surface area contributed by atoms with Gasteiger partial charge in [0.25, 0.3) is 5.91 Å². The number of likely N-dealkylation sites (N-methyl/N-ethyl adjacent to an activating group) is 1. The van der Waals surface area contributed by atoms with E-state index in [-0.39, 0.29) is 18.4 Å². The fourth-order valence-corrected chi connectivity index (χ4v) is 1.97. The van der Waals surface area contributed by atoms with E-state index in [1.165, 1.54) is 12.4 Å². The third kappa shape index (κ3) is 3.13. The number of likely N-dealkylation sites (tertiary alicyclic amines) is 1. The Bertz CT molecular complexity index is 589. The van der Waals surface area contributed by atoms with Gasteiger partial charge in [-0.15, -0.1) is 0 Å². The Balaban J connectivity index is 2.08. The van der Waals surface area contributed by atoms with E-state index in [0.717, 1.165) is 0 Å². The van der Waals surface area contributed by atoms with E-state index in [9.17, 15) is 9.59 Å². The molecule has 1 atom stereocenters. The average Bonchev–Trinajstić information content (AvgIpc) is 2.77. The number of hydrogen-bond acceptors (Lipinski definition) is 4. The number of nitrogens with one attached hydrogen (secondary N) is 1. The molecule has 2 rings (SSSR count). The molecule has 0 spiro atoms. The van der Waals surface area contributed by atoms with Crippen LogP contribution in [0, 0.1) is 11.8 Å². The summed E-state index contributed by atoms with van der Waals surface area (Å²) in [7, 11) is 1.71. The van der Waals surface area contributed by atoms with Gasteiger partial charge >= 0.3 is 0 Å². The first-order valence-corrected chi connectivity index (χ1v) is 6.22. The standard InChI is InChI=1S/C14H15N3O3/c1-17-5-4-12(14(17)20)16-13(19)11-7-10(3-2-6-18)8-15-9-11/h7-9,12,18H,4-6H2,1H3,(H,16,19). The molecule has 20 heavy (non-hydrogen) atoms. The predicted octanol–water partition coefficient (Wildman–Crippen LogP) is -0.614. The number of carbonyl (C=O) groups is 2. The summed E-state index contributed by atoms with van der Waals surface area (Å²) in [5, 5.41) is 11.3. The lowest BCUT2D eigenvalue weighted by molar-refractivity contribution is -0.128. The third-order valence-corrected chi connectivity index (χ3v) is 3.05. The smallest absolute Gasteiger partial charge is 0.253 e. The molecular weight excluding hydrogens is 258 g/mol. The van der Waals surface area contributed by atoms with Crippen LogP contribution in [-0.2, 0) is 4.79 Å². The Labute approximate surface area is 116 Å². The van der Waals surface area contributed by atoms with Gasteiger partial charge in [0.2, 0.25) is 5.91 Å². The number of carbonyl (C=O) groups excluding carboxylic acids is 2. The second-order valence-corrected chi connectivity index (χ2v) is 4.50. The van der Waals surface area contributed by atoms with Crippen molar-refractivity contribution in [2.24, 2.45) is 0 Å². The van der Waals surface area contributed by atoms with Crippen LogP contribution in [0.15, 0.2) is 18.5 Å². The van der Waals surface area contributed by atoms with Gasteiger partial charge in [0, 0.05) is 31.5 Å². The Kier molecular flexibility index (Phi) is 4.33. The topological polar surface area (TPSA) is 82.5 Å². The molecule has 1 unspecified atom stereocenters. The molecule has 2 N–H and O–H groups in total. The molecule has 0 aromatic carbocycles. The van der Waals surface area contributed by atoms with Crippen LogP contribution in [0.2, 0.25) is 0 Å². The monoisotopic (exact) mass is 273 g/mol. The highest BCUT2D eigenvalue weighted by Gasteiger charge is 2.30. The summed E-state index contributed by atoms with van der Waals surface area (Å²) in [5.74, 6) is 4.74. The van der Waals surface area contributed by atoms with Gasteiger partial charge in [-0.1, -0.05) is 11.8 Å². The number of pyridine rings is 1. The van der Waals surface area contributed by atoms with E-state index in [1.54, 1.807) is 18.0 Å². The first-order chi connectivity index (χ1) is 9.61. The molecule has 1 saturated heterocycles. The third-order valence-electron chi connectivity index (χ3n) is 3.05. The van der Waals surface area contributed by atoms with Crippen LogP contribution in [0.4, 0.5) is 0 Å². The zero-order chi connectivity index (χ0) is 14.5. The second-order valence-electron chi connectivity index (χ2n) is 4.50. The van der Waals surface area contributed by atoms with E-state index in [2.05, 4.69) is 22.1 Å². The molecule has 1 fully saturated rings. The summed E-state index contributed by atoms with van der Waals surface area (Å²) in [5.41, 5.74) is 0.888. The zero-order valence-electron chi connectivity index (χ0n) is 11.1. The Morgan fingerprint density at radius 3 is 3.05 bits per heavy atom. The first kappa shape index (κ1) is 14.0. The molecule has 1 aromatic rings. The fourth-order valence-electron chi connectivity index (χ4n) is 1.97. The molecule has 1 aliphatic heterocycles. The number of aliphatic hydroxyl groups is 1. The lowest BCUT2D eigenvalue weighted by Crippen LogP contribution is -2.40. The highest BCUT2D eigenvalue weighted by atomic mass is 16.2. The fraction of sp³-hybridized carbons (Fsp3) is 0.357. The predicted molar refractivity (Wildman–Crippen MR) is 71.7 cm³/mol. The SMILES string of the molecule is CN1CCC(NC(=O)c2cncc(C#CCO)c2)C1=O. The maximum absolute atomic E-state index is 12.1. The summed E-state index contributed by atoms with van der Waals surface area (Å²) in [6.07, 6.45) is 3.54. The Morgan fingerprint density at radius 1 is 1.60 bits per heavy atom. The minimum atomic E-state index is -0.473. The van der Waals surface area contributed by atoms with Gasteiger partial charge in [0.1, 0.15) is 12.6 Å². The molecule has 6 nitrogen and oxygen atoms in total. The van der Waals surface area contributed by atoms with E-state index >= 15 is 0 Å². The second kappa shape index (κ2) is 6.17. The molecule has 1 aromatic heterocycles. The van der Waals surface area contributed by atoms with Crippen molar-refractivity contribution < 1.29 is 14.7 Å². The van der Waals surface area contributed by atoms with Crippen LogP contribution in [0.3, 0.4) is 0 Å². The number of hydrogen-bond donors (Lipinski definition) is 2. The molecule has 0 saturated carbocycles. The number of aromatic nitrogens is 1. The molecule has 1 aliphatic rings. The molecule has 2 amide bonds. The normalized spacial score (nSPS) is 17.6. The van der Waals surface area contributed by atoms with E-state index in [4.69, 9.17) is 5.11 Å². The van der Waals surface area contributed by atoms with Gasteiger partial charge in [-0.05, 0) is 12.5 Å². The van der Waals surface area contributed by atoms with Crippen LogP contribution < -0.4 is 5.32 Å². The van der Waals surface area contributed by atoms with Crippen molar-refractivity contribution >= 4 is 11.8 Å². The minimum absolute atomic E-state index is 0.0810. The van der Waals surface area contributed by atoms with E-state index in [1.807, 2.05) is 0 Å². The lowest BCUT2D eigenvalue weighted by atomic mass is 10.1. The maximum atomic E-state index is 12.1. The molecular formula is C14H15N3O3. The van der Waals surface area contributed by atoms with Gasteiger partial charge in [-0.3, -0.25) is 14.6 Å². The quantitative estimate of drug-likeness (QED) is 0.704. The summed E-state index contributed by atoms with van der Waals surface area (Å²) in [6.45, 7) is 0.392. The van der Waals surface area contributed by atoms with Crippen molar-refractivity contribution in [3.8, 4) is 11.8 Å². The summed E-state index contributed by atoms with van der Waals surface area (Å²) < 4.78 is 0. The van der Waals surface area contributed by atoms with Crippen molar-refractivity contribution in [2.75, 3.05) is 20.2 Å². The van der Waals surface area contributed by atoms with Crippen LogP contribution in [-0.4, -0.2) is 53.0 Å². The van der Waals surface area contributed by atoms with Crippen molar-refractivity contribution in [1.29, 1.82) is 0 Å². The largest absolute Gasteiger partial charge is 0.384 e. The maximum Gasteiger partial charge on any atom is 0.253 e. The zero-order valence-corrected chi connectivity index (χ0v) is 11.1. The summed E-state index contributed by atoms with van der Waals surface area (Å²) in [4.78, 5) is 29.3. The molecule has 6 heteroatoms. The van der Waals surface area contributed by atoms with Crippen LogP contribution in [0.25, 0.3) is 0 Å². The van der Waals surface area contributed by atoms with Crippen LogP contribution in [0.1, 0.15) is 22.3 Å². The summed E-state index contributed by atoms with van der Waals surface area (Å²) in [6, 6.07) is 1.10. The van der Waals surface area contributed by atoms with Gasteiger partial charge in [-0.2, -0.15) is 0 Å². The Morgan fingerprint density at radius 2 is 2.40 bits per heavy atom. The molecule has 0 aliphatic carbocycles. The van der Waals surface area contributed by atoms with Crippen molar-refractivity contribution in [3.63, 3.8) is 0 Å². The minimum Gasteiger partial charge on any atom is -0.384 e.